The molecule has 0 saturated carbocycles. The first-order valence-electron chi connectivity index (χ1n) is 5.41. The van der Waals surface area contributed by atoms with Gasteiger partial charge in [-0.3, -0.25) is 9.35 Å². The van der Waals surface area contributed by atoms with Crippen LogP contribution in [0.4, 0.5) is 0 Å². The van der Waals surface area contributed by atoms with Crippen LogP contribution in [0.2, 0.25) is 0 Å². The Morgan fingerprint density at radius 1 is 1.21 bits per heavy atom. The molecule has 0 radical (unpaired) electrons. The fraction of sp³-hybridized carbons (Fsp3) is 0.364. The molecular weight excluding hydrogens is 297 g/mol. The predicted octanol–water partition coefficient (Wildman–Crippen LogP) is 0.725. The zero-order valence-electron chi connectivity index (χ0n) is 9.67. The maximum absolute atomic E-state index is 11.6. The molecule has 0 saturated heterocycles. The number of nitrogens with one attached hydrogen (secondary N) is 1. The van der Waals surface area contributed by atoms with Gasteiger partial charge in [-0.05, 0) is 37.1 Å². The number of hydrogen-bond acceptors (Lipinski definition) is 4. The van der Waals surface area contributed by atoms with Gasteiger partial charge in [-0.1, -0.05) is 0 Å². The van der Waals surface area contributed by atoms with Crippen LogP contribution in [-0.4, -0.2) is 60.7 Å². The van der Waals surface area contributed by atoms with Crippen LogP contribution >= 0.6 is 12.6 Å². The molecule has 0 spiro atoms. The van der Waals surface area contributed by atoms with E-state index in [1.54, 1.807) is 24.3 Å². The van der Waals surface area contributed by atoms with Crippen molar-refractivity contribution in [2.75, 3.05) is 12.3 Å². The predicted molar refractivity (Wildman–Crippen MR) is 78.8 cm³/mol. The first-order chi connectivity index (χ1) is 8.38. The van der Waals surface area contributed by atoms with E-state index in [1.165, 1.54) is 0 Å². The van der Waals surface area contributed by atoms with Crippen LogP contribution in [-0.2, 0) is 10.1 Å². The van der Waals surface area contributed by atoms with Gasteiger partial charge in [-0.25, -0.2) is 0 Å². The Morgan fingerprint density at radius 2 is 1.79 bits per heavy atom. The fourth-order valence-corrected chi connectivity index (χ4v) is 2.04. The topological polar surface area (TPSA) is 83.5 Å². The van der Waals surface area contributed by atoms with E-state index >= 15 is 0 Å². The van der Waals surface area contributed by atoms with Gasteiger partial charge in [0.2, 0.25) is 0 Å². The van der Waals surface area contributed by atoms with Gasteiger partial charge in [0.1, 0.15) is 0 Å². The summed E-state index contributed by atoms with van der Waals surface area (Å²) in [4.78, 5) is 12.4. The van der Waals surface area contributed by atoms with Crippen molar-refractivity contribution in [1.29, 1.82) is 0 Å². The van der Waals surface area contributed by atoms with E-state index in [4.69, 9.17) is 4.55 Å². The molecule has 8 heteroatoms. The number of hydrogen-bond donors (Lipinski definition) is 3. The van der Waals surface area contributed by atoms with Crippen LogP contribution in [0.25, 0.3) is 0 Å². The van der Waals surface area contributed by atoms with Crippen LogP contribution in [0.3, 0.4) is 0 Å². The van der Waals surface area contributed by atoms with E-state index in [0.29, 0.717) is 24.9 Å². The fourth-order valence-electron chi connectivity index (χ4n) is 1.33. The number of amides is 1. The molecule has 1 rings (SSSR count). The summed E-state index contributed by atoms with van der Waals surface area (Å²) in [5.74, 6) is -0.493. The quantitative estimate of drug-likeness (QED) is 0.313. The second-order valence-electron chi connectivity index (χ2n) is 3.80. The third-order valence-electron chi connectivity index (χ3n) is 2.24. The zero-order valence-corrected chi connectivity index (χ0v) is 11.4. The molecule has 2 N–H and O–H groups in total. The number of thiol groups is 1. The van der Waals surface area contributed by atoms with E-state index < -0.39 is 10.1 Å². The first-order valence-corrected chi connectivity index (χ1v) is 7.46. The number of carbonyl (C=O) groups is 1. The van der Waals surface area contributed by atoms with Gasteiger partial charge in [0.25, 0.3) is 16.0 Å². The van der Waals surface area contributed by atoms with E-state index in [2.05, 4.69) is 17.9 Å². The molecule has 0 unspecified atom stereocenters. The third kappa shape index (κ3) is 8.67. The van der Waals surface area contributed by atoms with Gasteiger partial charge in [0.05, 0.1) is 5.75 Å². The maximum atomic E-state index is 11.6. The van der Waals surface area contributed by atoms with E-state index in [9.17, 15) is 13.2 Å². The third-order valence-corrected chi connectivity index (χ3v) is 3.35. The van der Waals surface area contributed by atoms with Crippen molar-refractivity contribution in [1.82, 2.24) is 5.32 Å². The molecule has 0 aliphatic carbocycles. The van der Waals surface area contributed by atoms with E-state index in [-0.39, 0.29) is 41.2 Å². The summed E-state index contributed by atoms with van der Waals surface area (Å²) in [5, 5.41) is 2.66. The Hall–Kier alpha value is -0.0500. The second kappa shape index (κ2) is 8.99. The van der Waals surface area contributed by atoms with Gasteiger partial charge >= 0.3 is 29.6 Å². The standard InChI is InChI=1S/C11H15NO4S2.Na.H/c13-11(9-3-5-10(17)6-4-9)12-7-1-2-8-18(14,15)16;;/h3-6,17H,1-2,7-8H2,(H,12,13)(H,14,15,16);;. The van der Waals surface area contributed by atoms with Crippen molar-refractivity contribution in [3.8, 4) is 0 Å². The Bertz CT molecular complexity index is 502. The minimum absolute atomic E-state index is 0. The van der Waals surface area contributed by atoms with Crippen molar-refractivity contribution in [2.45, 2.75) is 17.7 Å². The Kier molecular flexibility index (Phi) is 8.97. The molecule has 102 valence electrons. The van der Waals surface area contributed by atoms with Crippen LogP contribution in [0.5, 0.6) is 0 Å². The molecule has 1 aromatic rings. The van der Waals surface area contributed by atoms with E-state index in [1.807, 2.05) is 0 Å². The number of benzene rings is 1. The number of carbonyl (C=O) groups excluding carboxylic acids is 1. The van der Waals surface area contributed by atoms with Gasteiger partial charge < -0.3 is 5.32 Å². The monoisotopic (exact) mass is 313 g/mol. The van der Waals surface area contributed by atoms with Crippen LogP contribution in [0.15, 0.2) is 29.2 Å². The Labute approximate surface area is 140 Å². The molecule has 5 nitrogen and oxygen atoms in total. The average molecular weight is 313 g/mol. The van der Waals surface area contributed by atoms with Crippen molar-refractivity contribution in [3.63, 3.8) is 0 Å². The van der Waals surface area contributed by atoms with Crippen LogP contribution in [0.1, 0.15) is 23.2 Å². The molecule has 0 atom stereocenters. The summed E-state index contributed by atoms with van der Waals surface area (Å²) in [6.07, 6.45) is 0.810. The van der Waals surface area contributed by atoms with Gasteiger partial charge in [0, 0.05) is 17.0 Å². The molecule has 19 heavy (non-hydrogen) atoms. The average Bonchev–Trinajstić information content (AvgIpc) is 2.27. The number of rotatable bonds is 6. The normalized spacial score (nSPS) is 10.6. The van der Waals surface area contributed by atoms with Gasteiger partial charge in [0.15, 0.2) is 0 Å². The summed E-state index contributed by atoms with van der Waals surface area (Å²) in [5.41, 5.74) is 0.530. The molecule has 0 fully saturated rings. The molecule has 0 aromatic heterocycles. The van der Waals surface area contributed by atoms with Crippen molar-refractivity contribution >= 4 is 58.2 Å². The van der Waals surface area contributed by atoms with Crippen molar-refractivity contribution < 1.29 is 17.8 Å². The van der Waals surface area contributed by atoms with Crippen molar-refractivity contribution in [3.05, 3.63) is 29.8 Å². The molecule has 0 bridgehead atoms. The number of unbranched alkanes of at least 4 members (excludes halogenated alkanes) is 1. The van der Waals surface area contributed by atoms with Gasteiger partial charge in [-0.2, -0.15) is 8.42 Å². The SMILES string of the molecule is O=C(NCCCCS(=O)(=O)O)c1ccc(S)cc1.[NaH]. The Morgan fingerprint density at radius 3 is 2.32 bits per heavy atom. The molecule has 1 amide bonds. The molecule has 0 aliphatic rings. The van der Waals surface area contributed by atoms with Crippen LogP contribution < -0.4 is 5.32 Å². The van der Waals surface area contributed by atoms with Crippen molar-refractivity contribution in [2.24, 2.45) is 0 Å². The first kappa shape index (κ1) is 18.9. The zero-order chi connectivity index (χ0) is 13.6. The summed E-state index contributed by atoms with van der Waals surface area (Å²) >= 11 is 4.11. The Balaban J connectivity index is 0.00000324. The second-order valence-corrected chi connectivity index (χ2v) is 5.88. The summed E-state index contributed by atoms with van der Waals surface area (Å²) in [6.45, 7) is 0.372. The van der Waals surface area contributed by atoms with E-state index in [0.717, 1.165) is 4.90 Å². The molecule has 1 aromatic carbocycles. The molecular formula is C11H16NNaO4S2. The minimum atomic E-state index is -3.90. The summed E-state index contributed by atoms with van der Waals surface area (Å²) in [7, 11) is -3.90. The summed E-state index contributed by atoms with van der Waals surface area (Å²) in [6, 6.07) is 6.76. The van der Waals surface area contributed by atoms with Crippen LogP contribution in [0, 0.1) is 0 Å². The molecule has 0 heterocycles. The molecule has 0 aliphatic heterocycles. The van der Waals surface area contributed by atoms with Gasteiger partial charge in [-0.15, -0.1) is 12.6 Å². The summed E-state index contributed by atoms with van der Waals surface area (Å²) < 4.78 is 29.4.